The van der Waals surface area contributed by atoms with Crippen LogP contribution < -0.4 is 0 Å². The Bertz CT molecular complexity index is 1390. The van der Waals surface area contributed by atoms with Gasteiger partial charge in [0.25, 0.3) is 0 Å². The summed E-state index contributed by atoms with van der Waals surface area (Å²) in [5, 5.41) is 17.5. The van der Waals surface area contributed by atoms with Crippen molar-refractivity contribution < 1.29 is 19.8 Å². The lowest BCUT2D eigenvalue weighted by atomic mass is 9.77. The van der Waals surface area contributed by atoms with Crippen LogP contribution in [0.1, 0.15) is 63.4 Å². The van der Waals surface area contributed by atoms with Crippen molar-refractivity contribution >= 4 is 11.6 Å². The number of carbonyl (C=O) groups is 2. The van der Waals surface area contributed by atoms with E-state index < -0.39 is 5.54 Å². The standard InChI is InChI=1S/C26H24N2O2.C7H10N2O2/c29-18-10-17-25(30)24-19-28(20-27-24)26(21-11-4-1-5-12-21,22-13-6-2-7-14-22)23-15-8-3-9-16-23;10-3-1-2-7(11)6-4-8-5-9-6/h1-9,11-16,19-20,29H,10,17-18H2;4-5,10H,1-3H2,(H,8,9). The molecule has 0 atom stereocenters. The molecule has 2 aromatic heterocycles. The molecule has 2 heterocycles. The molecule has 210 valence electrons. The monoisotopic (exact) mass is 550 g/mol. The minimum absolute atomic E-state index is 0.00319. The number of hydrogen-bond acceptors (Lipinski definition) is 6. The summed E-state index contributed by atoms with van der Waals surface area (Å²) >= 11 is 0. The van der Waals surface area contributed by atoms with Gasteiger partial charge in [0.15, 0.2) is 11.6 Å². The van der Waals surface area contributed by atoms with Gasteiger partial charge in [-0.25, -0.2) is 9.97 Å². The maximum absolute atomic E-state index is 12.6. The van der Waals surface area contributed by atoms with Gasteiger partial charge in [0, 0.05) is 32.3 Å². The number of carbonyl (C=O) groups excluding carboxylic acids is 2. The van der Waals surface area contributed by atoms with Gasteiger partial charge in [-0.1, -0.05) is 91.0 Å². The van der Waals surface area contributed by atoms with E-state index in [1.807, 2.05) is 65.4 Å². The summed E-state index contributed by atoms with van der Waals surface area (Å²) in [6, 6.07) is 30.8. The van der Waals surface area contributed by atoms with E-state index in [4.69, 9.17) is 10.2 Å². The Hall–Kier alpha value is -4.66. The van der Waals surface area contributed by atoms with E-state index in [1.165, 1.54) is 12.5 Å². The van der Waals surface area contributed by atoms with Gasteiger partial charge in [-0.05, 0) is 29.5 Å². The Morgan fingerprint density at radius 3 is 1.66 bits per heavy atom. The third-order valence-corrected chi connectivity index (χ3v) is 6.75. The van der Waals surface area contributed by atoms with Crippen LogP contribution >= 0.6 is 0 Å². The number of aliphatic hydroxyl groups is 2. The summed E-state index contributed by atoms with van der Waals surface area (Å²) in [5.74, 6) is -0.0672. The van der Waals surface area contributed by atoms with Crippen LogP contribution in [0.15, 0.2) is 116 Å². The van der Waals surface area contributed by atoms with Gasteiger partial charge in [0.1, 0.15) is 16.9 Å². The van der Waals surface area contributed by atoms with Crippen LogP contribution in [0.3, 0.4) is 0 Å². The Morgan fingerprint density at radius 2 is 1.22 bits per heavy atom. The minimum Gasteiger partial charge on any atom is -0.396 e. The van der Waals surface area contributed by atoms with Crippen molar-refractivity contribution in [3.63, 3.8) is 0 Å². The highest BCUT2D eigenvalue weighted by Gasteiger charge is 2.38. The fraction of sp³-hybridized carbons (Fsp3) is 0.212. The lowest BCUT2D eigenvalue weighted by Crippen LogP contribution is -2.37. The molecule has 3 N–H and O–H groups in total. The van der Waals surface area contributed by atoms with Crippen molar-refractivity contribution in [1.29, 1.82) is 0 Å². The minimum atomic E-state index is -0.674. The highest BCUT2D eigenvalue weighted by Crippen LogP contribution is 2.40. The summed E-state index contributed by atoms with van der Waals surface area (Å²) < 4.78 is 2.03. The quantitative estimate of drug-likeness (QED) is 0.148. The molecule has 0 radical (unpaired) electrons. The molecule has 0 aliphatic rings. The molecule has 8 nitrogen and oxygen atoms in total. The lowest BCUT2D eigenvalue weighted by molar-refractivity contribution is 0.0959. The van der Waals surface area contributed by atoms with Crippen LogP contribution in [0.25, 0.3) is 0 Å². The number of aromatic amines is 1. The second-order valence-electron chi connectivity index (χ2n) is 9.44. The van der Waals surface area contributed by atoms with E-state index >= 15 is 0 Å². The van der Waals surface area contributed by atoms with E-state index in [0.29, 0.717) is 30.7 Å². The van der Waals surface area contributed by atoms with Crippen LogP contribution in [-0.4, -0.2) is 54.5 Å². The van der Waals surface area contributed by atoms with E-state index in [2.05, 4.69) is 51.4 Å². The van der Waals surface area contributed by atoms with Crippen molar-refractivity contribution in [3.05, 3.63) is 144 Å². The average molecular weight is 551 g/mol. The van der Waals surface area contributed by atoms with E-state index in [1.54, 1.807) is 6.33 Å². The van der Waals surface area contributed by atoms with Gasteiger partial charge in [0.05, 0.1) is 18.9 Å². The van der Waals surface area contributed by atoms with Gasteiger partial charge >= 0.3 is 0 Å². The zero-order valence-electron chi connectivity index (χ0n) is 22.8. The molecule has 3 aromatic carbocycles. The van der Waals surface area contributed by atoms with Crippen molar-refractivity contribution in [1.82, 2.24) is 19.5 Å². The molecule has 0 amide bonds. The van der Waals surface area contributed by atoms with Crippen LogP contribution in [-0.2, 0) is 5.54 Å². The van der Waals surface area contributed by atoms with Gasteiger partial charge < -0.3 is 19.8 Å². The molecular formula is C33H34N4O4. The summed E-state index contributed by atoms with van der Waals surface area (Å²) in [4.78, 5) is 34.5. The van der Waals surface area contributed by atoms with E-state index in [-0.39, 0.29) is 31.2 Å². The second-order valence-corrected chi connectivity index (χ2v) is 9.44. The van der Waals surface area contributed by atoms with Crippen molar-refractivity contribution in [2.75, 3.05) is 13.2 Å². The fourth-order valence-electron chi connectivity index (χ4n) is 4.79. The molecule has 0 aliphatic heterocycles. The molecule has 8 heteroatoms. The molecule has 0 saturated carbocycles. The van der Waals surface area contributed by atoms with Crippen LogP contribution in [0.5, 0.6) is 0 Å². The van der Waals surface area contributed by atoms with Crippen LogP contribution in [0.2, 0.25) is 0 Å². The van der Waals surface area contributed by atoms with E-state index in [0.717, 1.165) is 16.7 Å². The number of nitrogens with zero attached hydrogens (tertiary/aromatic N) is 3. The molecule has 0 spiro atoms. The molecule has 5 aromatic rings. The lowest BCUT2D eigenvalue weighted by Gasteiger charge is -2.37. The first-order chi connectivity index (χ1) is 20.1. The summed E-state index contributed by atoms with van der Waals surface area (Å²) in [7, 11) is 0. The number of aliphatic hydroxyl groups excluding tert-OH is 2. The fourth-order valence-corrected chi connectivity index (χ4v) is 4.79. The number of benzene rings is 3. The molecule has 0 unspecified atom stereocenters. The first kappa shape index (κ1) is 29.3. The third kappa shape index (κ3) is 6.92. The smallest absolute Gasteiger partial charge is 0.182 e. The Labute approximate surface area is 239 Å². The number of imidazole rings is 2. The molecule has 0 fully saturated rings. The zero-order chi connectivity index (χ0) is 28.9. The number of Topliss-reactive ketones (excluding diaryl/α,β-unsaturated/α-hetero) is 2. The normalized spacial score (nSPS) is 11.0. The predicted octanol–water partition coefficient (Wildman–Crippen LogP) is 5.04. The van der Waals surface area contributed by atoms with E-state index in [9.17, 15) is 9.59 Å². The topological polar surface area (TPSA) is 121 Å². The van der Waals surface area contributed by atoms with Gasteiger partial charge in [-0.3, -0.25) is 9.59 Å². The first-order valence-electron chi connectivity index (χ1n) is 13.6. The van der Waals surface area contributed by atoms with Crippen LogP contribution in [0, 0.1) is 0 Å². The van der Waals surface area contributed by atoms with Gasteiger partial charge in [-0.2, -0.15) is 0 Å². The number of rotatable bonds is 12. The van der Waals surface area contributed by atoms with Crippen molar-refractivity contribution in [2.45, 2.75) is 31.2 Å². The van der Waals surface area contributed by atoms with Gasteiger partial charge in [0.2, 0.25) is 0 Å². The Balaban J connectivity index is 0.000000296. The molecule has 5 rings (SSSR count). The number of ketones is 2. The number of hydrogen-bond donors (Lipinski definition) is 3. The summed E-state index contributed by atoms with van der Waals surface area (Å²) in [6.07, 6.45) is 8.11. The maximum atomic E-state index is 12.6. The number of H-pyrrole nitrogens is 1. The predicted molar refractivity (Wildman–Crippen MR) is 157 cm³/mol. The Morgan fingerprint density at radius 1 is 0.732 bits per heavy atom. The largest absolute Gasteiger partial charge is 0.396 e. The summed E-state index contributed by atoms with van der Waals surface area (Å²) in [6.45, 7) is 0.0499. The zero-order valence-corrected chi connectivity index (χ0v) is 22.8. The molecule has 41 heavy (non-hydrogen) atoms. The Kier molecular flexibility index (Phi) is 10.5. The molecule has 0 aliphatic carbocycles. The summed E-state index contributed by atoms with van der Waals surface area (Å²) in [5.41, 5.74) is 3.48. The highest BCUT2D eigenvalue weighted by atomic mass is 16.3. The van der Waals surface area contributed by atoms with Crippen molar-refractivity contribution in [2.24, 2.45) is 0 Å². The molecule has 0 bridgehead atoms. The average Bonchev–Trinajstić information content (AvgIpc) is 3.75. The third-order valence-electron chi connectivity index (χ3n) is 6.75. The van der Waals surface area contributed by atoms with Crippen LogP contribution in [0.4, 0.5) is 0 Å². The van der Waals surface area contributed by atoms with Crippen molar-refractivity contribution in [3.8, 4) is 0 Å². The maximum Gasteiger partial charge on any atom is 0.182 e. The molecule has 0 saturated heterocycles. The highest BCUT2D eigenvalue weighted by molar-refractivity contribution is 5.94. The number of aromatic nitrogens is 4. The molecular weight excluding hydrogens is 516 g/mol. The number of nitrogens with one attached hydrogen (secondary N) is 1. The van der Waals surface area contributed by atoms with Gasteiger partial charge in [-0.15, -0.1) is 0 Å². The second kappa shape index (κ2) is 14.6. The first-order valence-corrected chi connectivity index (χ1v) is 13.6. The SMILES string of the molecule is O=C(CCCO)c1cn(C(c2ccccc2)(c2ccccc2)c2ccccc2)cn1.O=C(CCCO)c1cnc[nH]1.